The summed E-state index contributed by atoms with van der Waals surface area (Å²) in [5.41, 5.74) is 7.28. The van der Waals surface area contributed by atoms with E-state index in [4.69, 9.17) is 4.42 Å². The standard InChI is InChI=1S/C18H22N2O5/c1-8(2)13-11-4-5-12(13)15(18(23)24)14(11)17(22)20-19-16(21)10-6-7-25-9(10)3/h6-7,11-12,14-15H,4-5H2,1-3H3,(H,19,21)(H,20,22)(H,23,24)/t11-,12-,14-,15-/m1/s1. The molecule has 1 aromatic heterocycles. The van der Waals surface area contributed by atoms with Crippen LogP contribution in [0.5, 0.6) is 0 Å². The molecule has 0 aromatic carbocycles. The number of aryl methyl sites for hydroxylation is 1. The van der Waals surface area contributed by atoms with Crippen molar-refractivity contribution in [2.75, 3.05) is 0 Å². The Bertz CT molecular complexity index is 759. The van der Waals surface area contributed by atoms with E-state index in [2.05, 4.69) is 10.9 Å². The van der Waals surface area contributed by atoms with E-state index in [-0.39, 0.29) is 11.8 Å². The number of nitrogens with one attached hydrogen (secondary N) is 2. The van der Waals surface area contributed by atoms with Gasteiger partial charge in [0.1, 0.15) is 5.76 Å². The van der Waals surface area contributed by atoms with Crippen LogP contribution in [0.1, 0.15) is 42.8 Å². The maximum atomic E-state index is 12.6. The van der Waals surface area contributed by atoms with Crippen LogP contribution in [0.4, 0.5) is 0 Å². The second-order valence-electron chi connectivity index (χ2n) is 6.97. The zero-order valence-corrected chi connectivity index (χ0v) is 14.5. The smallest absolute Gasteiger partial charge is 0.307 e. The van der Waals surface area contributed by atoms with Gasteiger partial charge in [0.2, 0.25) is 5.91 Å². The van der Waals surface area contributed by atoms with E-state index in [1.54, 1.807) is 6.92 Å². The highest BCUT2D eigenvalue weighted by atomic mass is 16.4. The van der Waals surface area contributed by atoms with Crippen LogP contribution in [0.15, 0.2) is 27.9 Å². The molecule has 2 bridgehead atoms. The molecule has 0 unspecified atom stereocenters. The summed E-state index contributed by atoms with van der Waals surface area (Å²) < 4.78 is 5.06. The lowest BCUT2D eigenvalue weighted by molar-refractivity contribution is -0.149. The van der Waals surface area contributed by atoms with E-state index >= 15 is 0 Å². The molecule has 7 nitrogen and oxygen atoms in total. The predicted molar refractivity (Wildman–Crippen MR) is 88.3 cm³/mol. The molecule has 3 rings (SSSR count). The van der Waals surface area contributed by atoms with Gasteiger partial charge in [0.05, 0.1) is 23.7 Å². The zero-order valence-electron chi connectivity index (χ0n) is 14.5. The van der Waals surface area contributed by atoms with Crippen molar-refractivity contribution in [2.24, 2.45) is 23.7 Å². The lowest BCUT2D eigenvalue weighted by Crippen LogP contribution is -2.48. The van der Waals surface area contributed by atoms with Crippen molar-refractivity contribution >= 4 is 17.8 Å². The maximum absolute atomic E-state index is 12.6. The molecule has 0 radical (unpaired) electrons. The number of carboxylic acids is 1. The number of furan rings is 1. The Hall–Kier alpha value is -2.57. The fourth-order valence-corrected chi connectivity index (χ4v) is 4.49. The van der Waals surface area contributed by atoms with Crippen LogP contribution in [-0.4, -0.2) is 22.9 Å². The third-order valence-corrected chi connectivity index (χ3v) is 5.41. The monoisotopic (exact) mass is 346 g/mol. The predicted octanol–water partition coefficient (Wildman–Crippen LogP) is 2.04. The molecule has 2 aliphatic rings. The van der Waals surface area contributed by atoms with Crippen LogP contribution in [0.25, 0.3) is 0 Å². The van der Waals surface area contributed by atoms with E-state index in [1.165, 1.54) is 12.3 Å². The van der Waals surface area contributed by atoms with Gasteiger partial charge in [-0.3, -0.25) is 25.2 Å². The number of carbonyl (C=O) groups is 3. The third-order valence-electron chi connectivity index (χ3n) is 5.41. The van der Waals surface area contributed by atoms with E-state index in [0.717, 1.165) is 24.0 Å². The minimum Gasteiger partial charge on any atom is -0.481 e. The van der Waals surface area contributed by atoms with Crippen molar-refractivity contribution in [1.82, 2.24) is 10.9 Å². The first-order valence-electron chi connectivity index (χ1n) is 8.37. The second kappa shape index (κ2) is 6.38. The van der Waals surface area contributed by atoms with Crippen molar-refractivity contribution in [1.29, 1.82) is 0 Å². The van der Waals surface area contributed by atoms with Crippen molar-refractivity contribution in [3.63, 3.8) is 0 Å². The number of hydrazine groups is 1. The number of carboxylic acid groups (broad SMARTS) is 1. The van der Waals surface area contributed by atoms with E-state index in [1.807, 2.05) is 13.8 Å². The first-order valence-corrected chi connectivity index (χ1v) is 8.37. The molecule has 1 aromatic rings. The molecule has 4 atom stereocenters. The summed E-state index contributed by atoms with van der Waals surface area (Å²) in [6, 6.07) is 1.51. The summed E-state index contributed by atoms with van der Waals surface area (Å²) in [5, 5.41) is 9.62. The Balaban J connectivity index is 1.75. The summed E-state index contributed by atoms with van der Waals surface area (Å²) in [6.07, 6.45) is 3.00. The first-order chi connectivity index (χ1) is 11.8. The molecule has 2 saturated carbocycles. The summed E-state index contributed by atoms with van der Waals surface area (Å²) in [5.74, 6) is -3.00. The topological polar surface area (TPSA) is 109 Å². The summed E-state index contributed by atoms with van der Waals surface area (Å²) in [6.45, 7) is 5.57. The zero-order chi connectivity index (χ0) is 18.3. The third kappa shape index (κ3) is 2.83. The number of hydrogen-bond acceptors (Lipinski definition) is 4. The average molecular weight is 346 g/mol. The number of aliphatic carboxylic acids is 1. The van der Waals surface area contributed by atoms with E-state index < -0.39 is 29.6 Å². The molecular weight excluding hydrogens is 324 g/mol. The quantitative estimate of drug-likeness (QED) is 0.573. The highest BCUT2D eigenvalue weighted by Crippen LogP contribution is 2.57. The van der Waals surface area contributed by atoms with Crippen molar-refractivity contribution in [3.05, 3.63) is 34.8 Å². The molecule has 3 N–H and O–H groups in total. The van der Waals surface area contributed by atoms with Crippen LogP contribution in [0.2, 0.25) is 0 Å². The Morgan fingerprint density at radius 1 is 1.12 bits per heavy atom. The van der Waals surface area contributed by atoms with Gasteiger partial charge in [-0.05, 0) is 51.5 Å². The molecule has 25 heavy (non-hydrogen) atoms. The fraction of sp³-hybridized carbons (Fsp3) is 0.500. The van der Waals surface area contributed by atoms with E-state index in [0.29, 0.717) is 11.3 Å². The number of hydrogen-bond donors (Lipinski definition) is 3. The largest absolute Gasteiger partial charge is 0.481 e. The molecule has 0 saturated heterocycles. The Kier molecular flexibility index (Phi) is 4.41. The minimum absolute atomic E-state index is 0.0661. The average Bonchev–Trinajstić information content (AvgIpc) is 3.24. The van der Waals surface area contributed by atoms with Gasteiger partial charge in [0, 0.05) is 0 Å². The van der Waals surface area contributed by atoms with Crippen LogP contribution in [0.3, 0.4) is 0 Å². The fourth-order valence-electron chi connectivity index (χ4n) is 4.49. The number of allylic oxidation sites excluding steroid dienone is 2. The number of fused-ring (bicyclic) bond motifs is 2. The number of amides is 2. The highest BCUT2D eigenvalue weighted by molar-refractivity contribution is 5.97. The van der Waals surface area contributed by atoms with Gasteiger partial charge < -0.3 is 9.52 Å². The molecular formula is C18H22N2O5. The number of rotatable bonds is 3. The molecule has 2 amide bonds. The lowest BCUT2D eigenvalue weighted by Gasteiger charge is -2.26. The molecule has 7 heteroatoms. The van der Waals surface area contributed by atoms with Crippen molar-refractivity contribution in [2.45, 2.75) is 33.6 Å². The first kappa shape index (κ1) is 17.3. The van der Waals surface area contributed by atoms with Gasteiger partial charge in [-0.15, -0.1) is 0 Å². The second-order valence-corrected chi connectivity index (χ2v) is 6.97. The van der Waals surface area contributed by atoms with Crippen molar-refractivity contribution in [3.8, 4) is 0 Å². The molecule has 1 heterocycles. The summed E-state index contributed by atoms with van der Waals surface area (Å²) in [4.78, 5) is 36.5. The van der Waals surface area contributed by atoms with Gasteiger partial charge in [0.25, 0.3) is 5.91 Å². The molecule has 0 spiro atoms. The van der Waals surface area contributed by atoms with Gasteiger partial charge in [-0.2, -0.15) is 0 Å². The summed E-state index contributed by atoms with van der Waals surface area (Å²) >= 11 is 0. The van der Waals surface area contributed by atoms with Gasteiger partial charge in [-0.25, -0.2) is 0 Å². The van der Waals surface area contributed by atoms with Crippen LogP contribution in [-0.2, 0) is 9.59 Å². The van der Waals surface area contributed by atoms with Gasteiger partial charge in [0.15, 0.2) is 0 Å². The molecule has 0 aliphatic heterocycles. The normalized spacial score (nSPS) is 27.2. The van der Waals surface area contributed by atoms with Crippen LogP contribution in [0, 0.1) is 30.6 Å². The SMILES string of the molecule is CC(C)=C1[C@H]2CC[C@H]1[C@@H](C(=O)NNC(=O)c1ccoc1C)[C@@H]2C(=O)O. The van der Waals surface area contributed by atoms with Gasteiger partial charge >= 0.3 is 5.97 Å². The van der Waals surface area contributed by atoms with Gasteiger partial charge in [-0.1, -0.05) is 11.1 Å². The highest BCUT2D eigenvalue weighted by Gasteiger charge is 2.57. The van der Waals surface area contributed by atoms with Crippen LogP contribution < -0.4 is 10.9 Å². The lowest BCUT2D eigenvalue weighted by atomic mass is 9.79. The molecule has 134 valence electrons. The number of carbonyl (C=O) groups excluding carboxylic acids is 2. The Morgan fingerprint density at radius 3 is 2.28 bits per heavy atom. The summed E-state index contributed by atoms with van der Waals surface area (Å²) in [7, 11) is 0. The Labute approximate surface area is 145 Å². The maximum Gasteiger partial charge on any atom is 0.307 e. The minimum atomic E-state index is -0.955. The Morgan fingerprint density at radius 2 is 1.76 bits per heavy atom. The van der Waals surface area contributed by atoms with E-state index in [9.17, 15) is 19.5 Å². The molecule has 2 aliphatic carbocycles. The molecule has 2 fully saturated rings. The van der Waals surface area contributed by atoms with Crippen LogP contribution >= 0.6 is 0 Å². The van der Waals surface area contributed by atoms with Crippen molar-refractivity contribution < 1.29 is 23.9 Å².